The van der Waals surface area contributed by atoms with Gasteiger partial charge < -0.3 is 23.5 Å². The van der Waals surface area contributed by atoms with E-state index >= 15 is 0 Å². The maximum atomic E-state index is 6.72. The Morgan fingerprint density at radius 1 is 0.310 bits per heavy atom. The first-order valence-corrected chi connectivity index (χ1v) is 23.9. The number of oxazole rings is 1. The maximum absolute atomic E-state index is 6.72. The first kappa shape index (κ1) is 39.4. The van der Waals surface area contributed by atoms with Crippen LogP contribution in [-0.4, -0.2) is 4.98 Å². The van der Waals surface area contributed by atoms with E-state index < -0.39 is 0 Å². The van der Waals surface area contributed by atoms with Crippen molar-refractivity contribution in [1.82, 2.24) is 4.98 Å². The molecule has 71 heavy (non-hydrogen) atoms. The van der Waals surface area contributed by atoms with Crippen molar-refractivity contribution in [3.8, 4) is 22.6 Å². The van der Waals surface area contributed by atoms with Crippen LogP contribution in [0.5, 0.6) is 0 Å². The van der Waals surface area contributed by atoms with Gasteiger partial charge in [-0.1, -0.05) is 115 Å². The summed E-state index contributed by atoms with van der Waals surface area (Å²) >= 11 is 0. The molecule has 0 aliphatic heterocycles. The summed E-state index contributed by atoms with van der Waals surface area (Å²) in [4.78, 5) is 7.44. The molecule has 0 saturated carbocycles. The van der Waals surface area contributed by atoms with E-state index in [4.69, 9.17) is 18.2 Å². The fraction of sp³-hybridized carbons (Fsp3) is 0. The van der Waals surface area contributed by atoms with Gasteiger partial charge in [-0.3, -0.25) is 0 Å². The van der Waals surface area contributed by atoms with Crippen LogP contribution in [0.1, 0.15) is 0 Å². The number of benzene rings is 12. The van der Waals surface area contributed by atoms with Gasteiger partial charge in [0.1, 0.15) is 27.8 Å². The number of furan rings is 2. The van der Waals surface area contributed by atoms with E-state index in [1.54, 1.807) is 0 Å². The lowest BCUT2D eigenvalue weighted by molar-refractivity contribution is 0.623. The summed E-state index contributed by atoms with van der Waals surface area (Å²) in [5.74, 6) is 0.612. The smallest absolute Gasteiger partial charge is 0.227 e. The maximum Gasteiger partial charge on any atom is 0.227 e. The molecule has 15 aromatic rings. The predicted octanol–water partition coefficient (Wildman–Crippen LogP) is 18.8. The van der Waals surface area contributed by atoms with Gasteiger partial charge in [0, 0.05) is 78.5 Å². The van der Waals surface area contributed by atoms with E-state index in [1.807, 2.05) is 48.5 Å². The molecule has 0 atom stereocenters. The molecule has 6 heteroatoms. The lowest BCUT2D eigenvalue weighted by atomic mass is 9.98. The average Bonchev–Trinajstić information content (AvgIpc) is 4.15. The minimum absolute atomic E-state index is 0.612. The van der Waals surface area contributed by atoms with Crippen molar-refractivity contribution < 1.29 is 13.3 Å². The number of nitrogens with zero attached hydrogens (tertiary/aromatic N) is 2. The molecule has 0 fully saturated rings. The van der Waals surface area contributed by atoms with Gasteiger partial charge in [-0.2, -0.15) is 0 Å². The van der Waals surface area contributed by atoms with Crippen molar-refractivity contribution >= 4 is 127 Å². The standard InChI is InChI=1S/C65H39N3O3/c1-2-11-41(12-3-1)65-67-63-55-30-27-49(37-57(55)51-14-6-7-16-56(51)64(63)71-65)68(48-25-21-39-10-4-5-13-42(39)34-48)50-26-29-54-58-35-44(22-31-60(58)70-62(54)38-50)43-19-18-40-20-23-46(33-45(40)32-43)66-47-24-28-53-52-15-8-9-17-59(52)69-61(53)36-47/h1-38,66H. The molecule has 332 valence electrons. The molecule has 0 spiro atoms. The van der Waals surface area contributed by atoms with Gasteiger partial charge in [0.05, 0.1) is 0 Å². The molecule has 0 saturated heterocycles. The summed E-state index contributed by atoms with van der Waals surface area (Å²) in [5, 5.41) is 16.9. The molecule has 3 aromatic heterocycles. The van der Waals surface area contributed by atoms with Crippen molar-refractivity contribution in [3.63, 3.8) is 0 Å². The zero-order valence-corrected chi connectivity index (χ0v) is 38.1. The number of para-hydroxylation sites is 1. The summed E-state index contributed by atoms with van der Waals surface area (Å²) < 4.78 is 19.4. The number of nitrogens with one attached hydrogen (secondary N) is 1. The van der Waals surface area contributed by atoms with E-state index in [-0.39, 0.29) is 0 Å². The van der Waals surface area contributed by atoms with Crippen molar-refractivity contribution in [3.05, 3.63) is 231 Å². The van der Waals surface area contributed by atoms with Gasteiger partial charge in [0.25, 0.3) is 0 Å². The normalized spacial score (nSPS) is 11.9. The molecule has 0 aliphatic carbocycles. The third-order valence-corrected chi connectivity index (χ3v) is 14.2. The average molecular weight is 910 g/mol. The van der Waals surface area contributed by atoms with E-state index in [0.717, 1.165) is 127 Å². The Labute approximate surface area is 406 Å². The SMILES string of the molecule is c1ccc(-c2nc3c4ccc(N(c5ccc6ccccc6c5)c5ccc6c(c5)oc5ccc(-c7ccc8ccc(Nc9ccc%10c(c9)oc9ccccc9%10)cc8c7)cc56)cc4c4ccccc4c3o2)cc1. The molecular weight excluding hydrogens is 871 g/mol. The van der Waals surface area contributed by atoms with Crippen LogP contribution in [0.15, 0.2) is 244 Å². The summed E-state index contributed by atoms with van der Waals surface area (Å²) in [7, 11) is 0. The molecule has 15 rings (SSSR count). The molecule has 0 bridgehead atoms. The number of fused-ring (bicyclic) bond motifs is 14. The first-order valence-electron chi connectivity index (χ1n) is 23.9. The molecule has 0 unspecified atom stereocenters. The van der Waals surface area contributed by atoms with E-state index in [2.05, 4.69) is 192 Å². The Bertz CT molecular complexity index is 4640. The van der Waals surface area contributed by atoms with Gasteiger partial charge in [-0.05, 0) is 147 Å². The van der Waals surface area contributed by atoms with Crippen molar-refractivity contribution in [2.75, 3.05) is 10.2 Å². The molecule has 12 aromatic carbocycles. The number of anilines is 5. The molecule has 6 nitrogen and oxygen atoms in total. The Morgan fingerprint density at radius 2 is 0.901 bits per heavy atom. The van der Waals surface area contributed by atoms with Crippen LogP contribution < -0.4 is 10.2 Å². The topological polar surface area (TPSA) is 67.6 Å². The highest BCUT2D eigenvalue weighted by atomic mass is 16.3. The number of aromatic nitrogens is 1. The minimum Gasteiger partial charge on any atom is -0.456 e. The van der Waals surface area contributed by atoms with Gasteiger partial charge in [-0.25, -0.2) is 4.98 Å². The van der Waals surface area contributed by atoms with Crippen molar-refractivity contribution in [2.24, 2.45) is 0 Å². The van der Waals surface area contributed by atoms with Crippen LogP contribution >= 0.6 is 0 Å². The summed E-state index contributed by atoms with van der Waals surface area (Å²) in [6, 6.07) is 81.3. The van der Waals surface area contributed by atoms with Crippen LogP contribution in [-0.2, 0) is 0 Å². The summed E-state index contributed by atoms with van der Waals surface area (Å²) in [5.41, 5.74) is 13.3. The second-order valence-electron chi connectivity index (χ2n) is 18.4. The Hall–Kier alpha value is -9.65. The third kappa shape index (κ3) is 6.46. The lowest BCUT2D eigenvalue weighted by Crippen LogP contribution is -2.10. The predicted molar refractivity (Wildman–Crippen MR) is 294 cm³/mol. The number of rotatable bonds is 7. The van der Waals surface area contributed by atoms with Crippen molar-refractivity contribution in [2.45, 2.75) is 0 Å². The molecule has 1 N–H and O–H groups in total. The Balaban J connectivity index is 0.812. The Morgan fingerprint density at radius 3 is 1.80 bits per heavy atom. The molecule has 0 amide bonds. The highest BCUT2D eigenvalue weighted by Gasteiger charge is 2.21. The largest absolute Gasteiger partial charge is 0.456 e. The summed E-state index contributed by atoms with van der Waals surface area (Å²) in [6.07, 6.45) is 0. The third-order valence-electron chi connectivity index (χ3n) is 14.2. The Kier molecular flexibility index (Phi) is 8.56. The van der Waals surface area contributed by atoms with E-state index in [0.29, 0.717) is 5.89 Å². The van der Waals surface area contributed by atoms with Crippen LogP contribution in [0.3, 0.4) is 0 Å². The second-order valence-corrected chi connectivity index (χ2v) is 18.4. The van der Waals surface area contributed by atoms with Crippen LogP contribution in [0, 0.1) is 0 Å². The van der Waals surface area contributed by atoms with Crippen molar-refractivity contribution in [1.29, 1.82) is 0 Å². The van der Waals surface area contributed by atoms with E-state index in [9.17, 15) is 0 Å². The second kappa shape index (κ2) is 15.4. The quantitative estimate of drug-likeness (QED) is 0.161. The van der Waals surface area contributed by atoms with Gasteiger partial charge >= 0.3 is 0 Å². The molecule has 0 radical (unpaired) electrons. The van der Waals surface area contributed by atoms with Crippen LogP contribution in [0.4, 0.5) is 28.4 Å². The minimum atomic E-state index is 0.612. The zero-order chi connectivity index (χ0) is 46.6. The lowest BCUT2D eigenvalue weighted by Gasteiger charge is -2.26. The molecular formula is C65H39N3O3. The summed E-state index contributed by atoms with van der Waals surface area (Å²) in [6.45, 7) is 0. The van der Waals surface area contributed by atoms with Gasteiger partial charge in [0.15, 0.2) is 5.58 Å². The first-order chi connectivity index (χ1) is 35.1. The highest BCUT2D eigenvalue weighted by Crippen LogP contribution is 2.44. The highest BCUT2D eigenvalue weighted by molar-refractivity contribution is 6.23. The van der Waals surface area contributed by atoms with Crippen LogP contribution in [0.2, 0.25) is 0 Å². The van der Waals surface area contributed by atoms with E-state index in [1.165, 1.54) is 16.2 Å². The van der Waals surface area contributed by atoms with Gasteiger partial charge in [-0.15, -0.1) is 0 Å². The van der Waals surface area contributed by atoms with Gasteiger partial charge in [0.2, 0.25) is 5.89 Å². The zero-order valence-electron chi connectivity index (χ0n) is 38.1. The fourth-order valence-electron chi connectivity index (χ4n) is 10.7. The fourth-order valence-corrected chi connectivity index (χ4v) is 10.7. The monoisotopic (exact) mass is 909 g/mol. The number of hydrogen-bond acceptors (Lipinski definition) is 6. The molecule has 3 heterocycles. The molecule has 0 aliphatic rings. The van der Waals surface area contributed by atoms with Crippen LogP contribution in [0.25, 0.3) is 121 Å². The number of hydrogen-bond donors (Lipinski definition) is 1.